The summed E-state index contributed by atoms with van der Waals surface area (Å²) in [5.74, 6) is 1.86. The van der Waals surface area contributed by atoms with Crippen molar-refractivity contribution >= 4 is 11.6 Å². The predicted molar refractivity (Wildman–Crippen MR) is 122 cm³/mol. The summed E-state index contributed by atoms with van der Waals surface area (Å²) >= 11 is 6.04. The van der Waals surface area contributed by atoms with Gasteiger partial charge in [0.2, 0.25) is 5.88 Å². The number of nitrogens with zero attached hydrogens (tertiary/aromatic N) is 3. The Balaban J connectivity index is 2.02. The molecule has 0 spiro atoms. The zero-order valence-electron chi connectivity index (χ0n) is 18.0. The number of para-hydroxylation sites is 1. The van der Waals surface area contributed by atoms with Crippen LogP contribution in [0.15, 0.2) is 54.6 Å². The number of aromatic nitrogens is 2. The molecule has 160 valence electrons. The van der Waals surface area contributed by atoms with Crippen LogP contribution in [0.2, 0.25) is 5.02 Å². The molecule has 0 aliphatic rings. The van der Waals surface area contributed by atoms with E-state index in [-0.39, 0.29) is 0 Å². The van der Waals surface area contributed by atoms with Gasteiger partial charge in [0, 0.05) is 24.7 Å². The molecule has 1 atom stereocenters. The van der Waals surface area contributed by atoms with Crippen LogP contribution in [0.1, 0.15) is 32.0 Å². The topological polar surface area (TPSA) is 50.5 Å². The average molecular weight is 428 g/mol. The highest BCUT2D eigenvalue weighted by Crippen LogP contribution is 2.32. The molecule has 0 radical (unpaired) electrons. The van der Waals surface area contributed by atoms with Crippen molar-refractivity contribution in [2.75, 3.05) is 13.1 Å². The maximum Gasteiger partial charge on any atom is 0.227 e. The summed E-state index contributed by atoms with van der Waals surface area (Å²) in [4.78, 5) is 2.25. The first kappa shape index (κ1) is 22.3. The van der Waals surface area contributed by atoms with E-state index >= 15 is 0 Å². The molecule has 1 aromatic heterocycles. The van der Waals surface area contributed by atoms with Crippen molar-refractivity contribution in [3.8, 4) is 17.3 Å². The van der Waals surface area contributed by atoms with Crippen LogP contribution in [0.5, 0.6) is 11.6 Å². The van der Waals surface area contributed by atoms with E-state index in [1.54, 1.807) is 0 Å². The lowest BCUT2D eigenvalue weighted by Gasteiger charge is -2.26. The SMILES string of the molecule is Cc1nn(-c2ccccc2)c(Oc2ccc(Cl)cc2)c1CN(CC(C)C)C[C@H](C)O. The Bertz CT molecular complexity index is 927. The zero-order chi connectivity index (χ0) is 21.7. The number of halogens is 1. The molecule has 0 amide bonds. The highest BCUT2D eigenvalue weighted by atomic mass is 35.5. The van der Waals surface area contributed by atoms with Gasteiger partial charge in [-0.15, -0.1) is 0 Å². The molecule has 1 heterocycles. The van der Waals surface area contributed by atoms with Crippen molar-refractivity contribution in [1.29, 1.82) is 0 Å². The number of ether oxygens (including phenoxy) is 1. The van der Waals surface area contributed by atoms with E-state index in [1.807, 2.05) is 73.1 Å². The molecule has 0 aliphatic heterocycles. The minimum Gasteiger partial charge on any atom is -0.439 e. The average Bonchev–Trinajstić information content (AvgIpc) is 2.99. The number of aliphatic hydroxyl groups excluding tert-OH is 1. The van der Waals surface area contributed by atoms with Gasteiger partial charge in [0.05, 0.1) is 23.0 Å². The fourth-order valence-electron chi connectivity index (χ4n) is 3.50. The Kier molecular flexibility index (Phi) is 7.53. The van der Waals surface area contributed by atoms with Crippen LogP contribution in [0.3, 0.4) is 0 Å². The lowest BCUT2D eigenvalue weighted by molar-refractivity contribution is 0.114. The van der Waals surface area contributed by atoms with Crippen molar-refractivity contribution in [1.82, 2.24) is 14.7 Å². The summed E-state index contributed by atoms with van der Waals surface area (Å²) in [6.07, 6.45) is -0.408. The molecular formula is C24H30ClN3O2. The smallest absolute Gasteiger partial charge is 0.227 e. The monoisotopic (exact) mass is 427 g/mol. The third-order valence-corrected chi connectivity index (χ3v) is 4.95. The Labute approximate surface area is 183 Å². The molecule has 3 rings (SSSR count). The molecule has 0 bridgehead atoms. The second-order valence-electron chi connectivity index (χ2n) is 8.11. The van der Waals surface area contributed by atoms with Crippen LogP contribution in [0.4, 0.5) is 0 Å². The van der Waals surface area contributed by atoms with Crippen molar-refractivity contribution in [2.24, 2.45) is 5.92 Å². The van der Waals surface area contributed by atoms with Gasteiger partial charge in [-0.1, -0.05) is 43.6 Å². The van der Waals surface area contributed by atoms with Gasteiger partial charge in [-0.3, -0.25) is 4.90 Å². The van der Waals surface area contributed by atoms with Gasteiger partial charge in [-0.05, 0) is 56.2 Å². The number of aliphatic hydroxyl groups is 1. The van der Waals surface area contributed by atoms with Crippen molar-refractivity contribution < 1.29 is 9.84 Å². The molecule has 30 heavy (non-hydrogen) atoms. The van der Waals surface area contributed by atoms with Gasteiger partial charge in [0.15, 0.2) is 0 Å². The third kappa shape index (κ3) is 5.85. The highest BCUT2D eigenvalue weighted by Gasteiger charge is 2.22. The maximum absolute atomic E-state index is 9.99. The van der Waals surface area contributed by atoms with Crippen LogP contribution in [0.25, 0.3) is 5.69 Å². The van der Waals surface area contributed by atoms with Crippen molar-refractivity contribution in [2.45, 2.75) is 40.3 Å². The maximum atomic E-state index is 9.99. The van der Waals surface area contributed by atoms with Crippen molar-refractivity contribution in [3.05, 3.63) is 70.9 Å². The Hall–Kier alpha value is -2.34. The van der Waals surface area contributed by atoms with Gasteiger partial charge in [0.1, 0.15) is 5.75 Å². The number of hydrogen-bond acceptors (Lipinski definition) is 4. The molecule has 2 aromatic carbocycles. The van der Waals surface area contributed by atoms with E-state index < -0.39 is 6.10 Å². The summed E-state index contributed by atoms with van der Waals surface area (Å²) in [5, 5.41) is 15.4. The fourth-order valence-corrected chi connectivity index (χ4v) is 3.63. The summed E-state index contributed by atoms with van der Waals surface area (Å²) in [6, 6.07) is 17.3. The van der Waals surface area contributed by atoms with Crippen LogP contribution in [-0.4, -0.2) is 39.0 Å². The lowest BCUT2D eigenvalue weighted by Crippen LogP contribution is -2.33. The molecular weight excluding hydrogens is 398 g/mol. The lowest BCUT2D eigenvalue weighted by atomic mass is 10.1. The quantitative estimate of drug-likeness (QED) is 0.492. The number of hydrogen-bond donors (Lipinski definition) is 1. The summed E-state index contributed by atoms with van der Waals surface area (Å²) in [7, 11) is 0. The first-order valence-corrected chi connectivity index (χ1v) is 10.7. The first-order chi connectivity index (χ1) is 14.3. The minimum atomic E-state index is -0.408. The van der Waals surface area contributed by atoms with E-state index in [1.165, 1.54) is 0 Å². The van der Waals surface area contributed by atoms with Gasteiger partial charge in [0.25, 0.3) is 0 Å². The largest absolute Gasteiger partial charge is 0.439 e. The summed E-state index contributed by atoms with van der Waals surface area (Å²) in [6.45, 7) is 10.3. The van der Waals surface area contributed by atoms with Gasteiger partial charge >= 0.3 is 0 Å². The zero-order valence-corrected chi connectivity index (χ0v) is 18.8. The van der Waals surface area contributed by atoms with Gasteiger partial charge in [-0.25, -0.2) is 4.68 Å². The second-order valence-corrected chi connectivity index (χ2v) is 8.55. The highest BCUT2D eigenvalue weighted by molar-refractivity contribution is 6.30. The third-order valence-electron chi connectivity index (χ3n) is 4.69. The van der Waals surface area contributed by atoms with Gasteiger partial charge < -0.3 is 9.84 Å². The van der Waals surface area contributed by atoms with Crippen molar-refractivity contribution in [3.63, 3.8) is 0 Å². The first-order valence-electron chi connectivity index (χ1n) is 10.3. The second kappa shape index (κ2) is 10.1. The molecule has 0 saturated carbocycles. The van der Waals surface area contributed by atoms with Crippen LogP contribution < -0.4 is 4.74 Å². The summed E-state index contributed by atoms with van der Waals surface area (Å²) in [5.41, 5.74) is 2.85. The number of aryl methyl sites for hydroxylation is 1. The Morgan fingerprint density at radius 1 is 1.03 bits per heavy atom. The standard InChI is InChI=1S/C24H30ClN3O2/c1-17(2)14-27(15-18(3)29)16-23-19(4)26-28(21-8-6-5-7-9-21)24(23)30-22-12-10-20(25)11-13-22/h5-13,17-18,29H,14-16H2,1-4H3/t18-/m0/s1. The van der Waals surface area contributed by atoms with Crippen LogP contribution in [-0.2, 0) is 6.54 Å². The number of benzene rings is 2. The Morgan fingerprint density at radius 2 is 1.70 bits per heavy atom. The molecule has 3 aromatic rings. The molecule has 6 heteroatoms. The normalized spacial score (nSPS) is 12.5. The predicted octanol–water partition coefficient (Wildman–Crippen LogP) is 5.47. The molecule has 0 unspecified atom stereocenters. The molecule has 1 N–H and O–H groups in total. The minimum absolute atomic E-state index is 0.408. The van der Waals surface area contributed by atoms with E-state index in [2.05, 4.69) is 18.7 Å². The van der Waals surface area contributed by atoms with E-state index in [0.29, 0.717) is 35.7 Å². The summed E-state index contributed by atoms with van der Waals surface area (Å²) < 4.78 is 8.18. The fraction of sp³-hybridized carbons (Fsp3) is 0.375. The number of rotatable bonds is 9. The van der Waals surface area contributed by atoms with E-state index in [0.717, 1.165) is 23.5 Å². The Morgan fingerprint density at radius 3 is 2.30 bits per heavy atom. The molecule has 0 aliphatic carbocycles. The molecule has 0 saturated heterocycles. The molecule has 5 nitrogen and oxygen atoms in total. The van der Waals surface area contributed by atoms with E-state index in [4.69, 9.17) is 21.4 Å². The van der Waals surface area contributed by atoms with Gasteiger partial charge in [-0.2, -0.15) is 5.10 Å². The van der Waals surface area contributed by atoms with Crippen LogP contribution in [0, 0.1) is 12.8 Å². The van der Waals surface area contributed by atoms with Crippen LogP contribution >= 0.6 is 11.6 Å². The van der Waals surface area contributed by atoms with E-state index in [9.17, 15) is 5.11 Å². The molecule has 0 fully saturated rings.